The molecular formula is C17H15NS. The van der Waals surface area contributed by atoms with E-state index in [1.165, 1.54) is 21.4 Å². The van der Waals surface area contributed by atoms with Crippen LogP contribution in [0.3, 0.4) is 0 Å². The van der Waals surface area contributed by atoms with E-state index in [-0.39, 0.29) is 0 Å². The van der Waals surface area contributed by atoms with Crippen LogP contribution in [0.4, 0.5) is 0 Å². The lowest BCUT2D eigenvalue weighted by molar-refractivity contribution is 1.35. The number of fused-ring (bicyclic) bond motifs is 1. The predicted molar refractivity (Wildman–Crippen MR) is 84.5 cm³/mol. The molecule has 0 unspecified atom stereocenters. The lowest BCUT2D eigenvalue weighted by Gasteiger charge is -1.96. The quantitative estimate of drug-likeness (QED) is 0.588. The number of aryl methyl sites for hydroxylation is 2. The Labute approximate surface area is 117 Å². The van der Waals surface area contributed by atoms with Crippen molar-refractivity contribution in [1.82, 2.24) is 4.98 Å². The van der Waals surface area contributed by atoms with Crippen LogP contribution >= 0.6 is 11.3 Å². The number of hydrogen-bond donors (Lipinski definition) is 0. The SMILES string of the molecule is Cc1ccc(C=Cc2ccc3nc(C)sc3c2)cc1. The van der Waals surface area contributed by atoms with Crippen LogP contribution < -0.4 is 0 Å². The molecule has 2 aromatic carbocycles. The van der Waals surface area contributed by atoms with Crippen molar-refractivity contribution in [1.29, 1.82) is 0 Å². The summed E-state index contributed by atoms with van der Waals surface area (Å²) >= 11 is 1.74. The van der Waals surface area contributed by atoms with Gasteiger partial charge in [0, 0.05) is 0 Å². The predicted octanol–water partition coefficient (Wildman–Crippen LogP) is 5.08. The first-order valence-corrected chi connectivity index (χ1v) is 7.14. The van der Waals surface area contributed by atoms with Gasteiger partial charge in [0.2, 0.25) is 0 Å². The van der Waals surface area contributed by atoms with Gasteiger partial charge in [0.1, 0.15) is 0 Å². The zero-order chi connectivity index (χ0) is 13.2. The van der Waals surface area contributed by atoms with Crippen LogP contribution in [0, 0.1) is 13.8 Å². The number of aromatic nitrogens is 1. The van der Waals surface area contributed by atoms with Gasteiger partial charge in [0.05, 0.1) is 15.2 Å². The number of hydrogen-bond acceptors (Lipinski definition) is 2. The van der Waals surface area contributed by atoms with Crippen molar-refractivity contribution >= 4 is 33.7 Å². The second kappa shape index (κ2) is 4.98. The second-order valence-corrected chi connectivity index (χ2v) is 5.94. The Balaban J connectivity index is 1.89. The minimum absolute atomic E-state index is 1.09. The highest BCUT2D eigenvalue weighted by Crippen LogP contribution is 2.23. The first kappa shape index (κ1) is 12.1. The fraction of sp³-hybridized carbons (Fsp3) is 0.118. The third-order valence-corrected chi connectivity index (χ3v) is 4.00. The molecule has 2 heteroatoms. The molecule has 94 valence electrons. The summed E-state index contributed by atoms with van der Waals surface area (Å²) in [6.07, 6.45) is 4.30. The van der Waals surface area contributed by atoms with Gasteiger partial charge in [-0.1, -0.05) is 48.0 Å². The van der Waals surface area contributed by atoms with Crippen LogP contribution in [0.5, 0.6) is 0 Å². The Morgan fingerprint density at radius 3 is 2.37 bits per heavy atom. The average Bonchev–Trinajstić information content (AvgIpc) is 2.77. The van der Waals surface area contributed by atoms with Gasteiger partial charge in [0.15, 0.2) is 0 Å². The third kappa shape index (κ3) is 2.74. The molecule has 0 aliphatic rings. The van der Waals surface area contributed by atoms with Gasteiger partial charge in [-0.25, -0.2) is 4.98 Å². The first-order valence-electron chi connectivity index (χ1n) is 6.33. The van der Waals surface area contributed by atoms with E-state index in [9.17, 15) is 0 Å². The Kier molecular flexibility index (Phi) is 3.18. The lowest BCUT2D eigenvalue weighted by Crippen LogP contribution is -1.75. The van der Waals surface area contributed by atoms with E-state index in [0.717, 1.165) is 10.5 Å². The summed E-state index contributed by atoms with van der Waals surface area (Å²) in [5.41, 5.74) is 4.83. The highest BCUT2D eigenvalue weighted by molar-refractivity contribution is 7.18. The highest BCUT2D eigenvalue weighted by Gasteiger charge is 1.99. The number of rotatable bonds is 2. The van der Waals surface area contributed by atoms with E-state index in [1.807, 2.05) is 6.92 Å². The standard InChI is InChI=1S/C17H15NS/c1-12-3-5-14(6-4-12)7-8-15-9-10-16-17(11-15)19-13(2)18-16/h3-11H,1-2H3. The average molecular weight is 265 g/mol. The van der Waals surface area contributed by atoms with Crippen molar-refractivity contribution < 1.29 is 0 Å². The van der Waals surface area contributed by atoms with Crippen LogP contribution in [-0.2, 0) is 0 Å². The summed E-state index contributed by atoms with van der Waals surface area (Å²) in [5, 5.41) is 1.12. The topological polar surface area (TPSA) is 12.9 Å². The zero-order valence-corrected chi connectivity index (χ0v) is 11.9. The zero-order valence-electron chi connectivity index (χ0n) is 11.1. The van der Waals surface area contributed by atoms with E-state index >= 15 is 0 Å². The van der Waals surface area contributed by atoms with Gasteiger partial charge >= 0.3 is 0 Å². The molecule has 0 atom stereocenters. The van der Waals surface area contributed by atoms with Gasteiger partial charge in [-0.2, -0.15) is 0 Å². The van der Waals surface area contributed by atoms with Gasteiger partial charge < -0.3 is 0 Å². The fourth-order valence-electron chi connectivity index (χ4n) is 2.03. The van der Waals surface area contributed by atoms with Crippen LogP contribution in [-0.4, -0.2) is 4.98 Å². The summed E-state index contributed by atoms with van der Waals surface area (Å²) in [7, 11) is 0. The van der Waals surface area contributed by atoms with E-state index in [1.54, 1.807) is 11.3 Å². The summed E-state index contributed by atoms with van der Waals surface area (Å²) in [4.78, 5) is 4.48. The van der Waals surface area contributed by atoms with E-state index in [2.05, 4.69) is 66.5 Å². The molecule has 0 amide bonds. The van der Waals surface area contributed by atoms with Crippen LogP contribution in [0.2, 0.25) is 0 Å². The van der Waals surface area contributed by atoms with Crippen LogP contribution in [0.1, 0.15) is 21.7 Å². The summed E-state index contributed by atoms with van der Waals surface area (Å²) in [6, 6.07) is 15.0. The monoisotopic (exact) mass is 265 g/mol. The molecule has 1 nitrogen and oxygen atoms in total. The number of nitrogens with zero attached hydrogens (tertiary/aromatic N) is 1. The molecule has 0 radical (unpaired) electrons. The molecule has 19 heavy (non-hydrogen) atoms. The van der Waals surface area contributed by atoms with Crippen molar-refractivity contribution in [3.05, 3.63) is 64.2 Å². The number of benzene rings is 2. The molecule has 0 aliphatic carbocycles. The molecule has 1 heterocycles. The number of thiazole rings is 1. The molecule has 0 saturated carbocycles. The summed E-state index contributed by atoms with van der Waals surface area (Å²) < 4.78 is 1.25. The van der Waals surface area contributed by atoms with Crippen LogP contribution in [0.15, 0.2) is 42.5 Å². The molecular weight excluding hydrogens is 250 g/mol. The first-order chi connectivity index (χ1) is 9.20. The molecule has 0 saturated heterocycles. The fourth-order valence-corrected chi connectivity index (χ4v) is 2.91. The van der Waals surface area contributed by atoms with Crippen LogP contribution in [0.25, 0.3) is 22.4 Å². The lowest BCUT2D eigenvalue weighted by atomic mass is 10.1. The van der Waals surface area contributed by atoms with Gasteiger partial charge in [-0.15, -0.1) is 11.3 Å². The maximum absolute atomic E-state index is 4.48. The molecule has 0 N–H and O–H groups in total. The maximum Gasteiger partial charge on any atom is 0.0907 e. The van der Waals surface area contributed by atoms with Crippen molar-refractivity contribution in [3.63, 3.8) is 0 Å². The Morgan fingerprint density at radius 1 is 0.895 bits per heavy atom. The van der Waals surface area contributed by atoms with E-state index in [0.29, 0.717) is 0 Å². The van der Waals surface area contributed by atoms with Gasteiger partial charge in [-0.05, 0) is 37.1 Å². The van der Waals surface area contributed by atoms with Crippen molar-refractivity contribution in [3.8, 4) is 0 Å². The highest BCUT2D eigenvalue weighted by atomic mass is 32.1. The summed E-state index contributed by atoms with van der Waals surface area (Å²) in [5.74, 6) is 0. The Bertz CT molecular complexity index is 736. The van der Waals surface area contributed by atoms with E-state index in [4.69, 9.17) is 0 Å². The molecule has 1 aromatic heterocycles. The minimum Gasteiger partial charge on any atom is -0.242 e. The van der Waals surface area contributed by atoms with E-state index < -0.39 is 0 Å². The van der Waals surface area contributed by atoms with Crippen molar-refractivity contribution in [2.24, 2.45) is 0 Å². The molecule has 0 spiro atoms. The normalized spacial score (nSPS) is 11.5. The van der Waals surface area contributed by atoms with Crippen molar-refractivity contribution in [2.45, 2.75) is 13.8 Å². The van der Waals surface area contributed by atoms with Gasteiger partial charge in [-0.3, -0.25) is 0 Å². The second-order valence-electron chi connectivity index (χ2n) is 4.70. The minimum atomic E-state index is 1.09. The maximum atomic E-state index is 4.48. The Morgan fingerprint density at radius 2 is 1.58 bits per heavy atom. The smallest absolute Gasteiger partial charge is 0.0907 e. The Hall–Kier alpha value is -1.93. The van der Waals surface area contributed by atoms with Gasteiger partial charge in [0.25, 0.3) is 0 Å². The molecule has 3 rings (SSSR count). The third-order valence-electron chi connectivity index (χ3n) is 3.07. The molecule has 3 aromatic rings. The summed E-state index contributed by atoms with van der Waals surface area (Å²) in [6.45, 7) is 4.15. The molecule has 0 aliphatic heterocycles. The molecule has 0 fully saturated rings. The van der Waals surface area contributed by atoms with Crippen molar-refractivity contribution in [2.75, 3.05) is 0 Å². The molecule has 0 bridgehead atoms. The largest absolute Gasteiger partial charge is 0.242 e.